The Morgan fingerprint density at radius 2 is 2.25 bits per heavy atom. The second kappa shape index (κ2) is 1.52. The topological polar surface area (TPSA) is 26.0 Å². The van der Waals surface area contributed by atoms with Crippen molar-refractivity contribution < 1.29 is 8.78 Å². The van der Waals surface area contributed by atoms with Crippen LogP contribution in [0.2, 0.25) is 0 Å². The Labute approximate surface area is 46.2 Å². The normalized spacial score (nSPS) is 33.6. The Balaban J connectivity index is 2.64. The number of alkyl halides is 2. The highest BCUT2D eigenvalue weighted by molar-refractivity contribution is 5.09. The summed E-state index contributed by atoms with van der Waals surface area (Å²) in [5.41, 5.74) is 4.98. The first-order chi connectivity index (χ1) is 3.63. The van der Waals surface area contributed by atoms with Gasteiger partial charge in [0.1, 0.15) is 0 Å². The van der Waals surface area contributed by atoms with E-state index in [0.717, 1.165) is 0 Å². The van der Waals surface area contributed by atoms with Crippen molar-refractivity contribution in [1.82, 2.24) is 0 Å². The summed E-state index contributed by atoms with van der Waals surface area (Å²) in [4.78, 5) is 0. The number of rotatable bonds is 0. The maximum Gasteiger partial charge on any atom is 0.269 e. The first-order valence-electron chi connectivity index (χ1n) is 2.43. The van der Waals surface area contributed by atoms with E-state index in [-0.39, 0.29) is 6.42 Å². The largest absolute Gasteiger partial charge is 0.319 e. The van der Waals surface area contributed by atoms with E-state index in [1.807, 2.05) is 0 Å². The summed E-state index contributed by atoms with van der Waals surface area (Å²) in [6.45, 7) is 0. The summed E-state index contributed by atoms with van der Waals surface area (Å²) in [6.07, 6.45) is 2.54. The second-order valence-electron chi connectivity index (χ2n) is 1.92. The summed E-state index contributed by atoms with van der Waals surface area (Å²) in [5, 5.41) is 0. The van der Waals surface area contributed by atoms with E-state index < -0.39 is 12.0 Å². The standard InChI is InChI=1S/C5H7F2N/c6-5(7)3-1-2-4(5)8/h1-2,4H,3,8H2. The Hall–Kier alpha value is -0.440. The molecule has 1 nitrogen and oxygen atoms in total. The minimum Gasteiger partial charge on any atom is -0.319 e. The van der Waals surface area contributed by atoms with E-state index in [9.17, 15) is 8.78 Å². The molecule has 0 radical (unpaired) electrons. The predicted octanol–water partition coefficient (Wildman–Crippen LogP) is 0.909. The van der Waals surface area contributed by atoms with Gasteiger partial charge in [0, 0.05) is 6.42 Å². The molecule has 0 aromatic carbocycles. The summed E-state index contributed by atoms with van der Waals surface area (Å²) in [5.74, 6) is -2.68. The van der Waals surface area contributed by atoms with E-state index in [1.165, 1.54) is 12.2 Å². The van der Waals surface area contributed by atoms with Gasteiger partial charge in [-0.05, 0) is 0 Å². The molecule has 0 heterocycles. The molecule has 1 unspecified atom stereocenters. The molecule has 0 amide bonds. The highest BCUT2D eigenvalue weighted by Crippen LogP contribution is 2.27. The van der Waals surface area contributed by atoms with Gasteiger partial charge in [0.2, 0.25) is 0 Å². The van der Waals surface area contributed by atoms with Crippen LogP contribution in [0.15, 0.2) is 12.2 Å². The molecule has 1 aliphatic carbocycles. The number of nitrogens with two attached hydrogens (primary N) is 1. The van der Waals surface area contributed by atoms with Gasteiger partial charge in [-0.1, -0.05) is 12.2 Å². The van der Waals surface area contributed by atoms with Crippen LogP contribution in [0.4, 0.5) is 8.78 Å². The lowest BCUT2D eigenvalue weighted by molar-refractivity contribution is 0.000504. The van der Waals surface area contributed by atoms with Gasteiger partial charge in [-0.25, -0.2) is 8.78 Å². The van der Waals surface area contributed by atoms with Crippen molar-refractivity contribution in [1.29, 1.82) is 0 Å². The van der Waals surface area contributed by atoms with Gasteiger partial charge in [0.15, 0.2) is 0 Å². The van der Waals surface area contributed by atoms with Crippen LogP contribution in [-0.4, -0.2) is 12.0 Å². The number of hydrogen-bond donors (Lipinski definition) is 1. The number of hydrogen-bond acceptors (Lipinski definition) is 1. The Morgan fingerprint density at radius 3 is 2.38 bits per heavy atom. The third kappa shape index (κ3) is 0.733. The predicted molar refractivity (Wildman–Crippen MR) is 26.7 cm³/mol. The molecule has 1 aliphatic rings. The minimum absolute atomic E-state index is 0.200. The fraction of sp³-hybridized carbons (Fsp3) is 0.600. The molecule has 0 aliphatic heterocycles. The lowest BCUT2D eigenvalue weighted by Gasteiger charge is -2.12. The summed E-state index contributed by atoms with van der Waals surface area (Å²) in [7, 11) is 0. The Kier molecular flexibility index (Phi) is 1.08. The van der Waals surface area contributed by atoms with Crippen LogP contribution in [0.1, 0.15) is 6.42 Å². The van der Waals surface area contributed by atoms with Gasteiger partial charge < -0.3 is 5.73 Å². The third-order valence-corrected chi connectivity index (χ3v) is 1.22. The van der Waals surface area contributed by atoms with Crippen LogP contribution in [0.25, 0.3) is 0 Å². The van der Waals surface area contributed by atoms with E-state index in [4.69, 9.17) is 5.73 Å². The van der Waals surface area contributed by atoms with Crippen LogP contribution in [0.3, 0.4) is 0 Å². The van der Waals surface area contributed by atoms with E-state index in [1.54, 1.807) is 0 Å². The molecule has 1 rings (SSSR count). The second-order valence-corrected chi connectivity index (χ2v) is 1.92. The Morgan fingerprint density at radius 1 is 1.62 bits per heavy atom. The van der Waals surface area contributed by atoms with Crippen molar-refractivity contribution in [2.75, 3.05) is 0 Å². The quantitative estimate of drug-likeness (QED) is 0.471. The molecule has 0 aromatic rings. The molecule has 46 valence electrons. The first kappa shape index (κ1) is 5.69. The van der Waals surface area contributed by atoms with Crippen LogP contribution in [0.5, 0.6) is 0 Å². The van der Waals surface area contributed by atoms with Crippen molar-refractivity contribution in [2.45, 2.75) is 18.4 Å². The lowest BCUT2D eigenvalue weighted by Crippen LogP contribution is -2.35. The fourth-order valence-corrected chi connectivity index (χ4v) is 0.649. The average molecular weight is 119 g/mol. The van der Waals surface area contributed by atoms with Crippen LogP contribution in [0, 0.1) is 0 Å². The molecule has 0 saturated carbocycles. The van der Waals surface area contributed by atoms with Gasteiger partial charge >= 0.3 is 0 Å². The van der Waals surface area contributed by atoms with Crippen molar-refractivity contribution in [3.63, 3.8) is 0 Å². The highest BCUT2D eigenvalue weighted by Gasteiger charge is 2.37. The molecular formula is C5H7F2N. The smallest absolute Gasteiger partial charge is 0.269 e. The Bertz CT molecular complexity index is 120. The van der Waals surface area contributed by atoms with Crippen molar-refractivity contribution in [2.24, 2.45) is 5.73 Å². The zero-order chi connectivity index (χ0) is 6.20. The van der Waals surface area contributed by atoms with Gasteiger partial charge in [-0.3, -0.25) is 0 Å². The molecule has 0 spiro atoms. The van der Waals surface area contributed by atoms with Crippen LogP contribution < -0.4 is 5.73 Å². The molecule has 0 fully saturated rings. The van der Waals surface area contributed by atoms with Gasteiger partial charge in [0.05, 0.1) is 6.04 Å². The highest BCUT2D eigenvalue weighted by atomic mass is 19.3. The number of halogens is 2. The summed E-state index contributed by atoms with van der Waals surface area (Å²) in [6, 6.07) is -1.05. The first-order valence-corrected chi connectivity index (χ1v) is 2.43. The molecule has 3 heteroatoms. The SMILES string of the molecule is NC1C=CCC1(F)F. The van der Waals surface area contributed by atoms with E-state index in [2.05, 4.69) is 0 Å². The monoisotopic (exact) mass is 119 g/mol. The molecule has 2 N–H and O–H groups in total. The maximum atomic E-state index is 12.2. The molecule has 0 bridgehead atoms. The molecular weight excluding hydrogens is 112 g/mol. The van der Waals surface area contributed by atoms with Crippen molar-refractivity contribution in [3.8, 4) is 0 Å². The minimum atomic E-state index is -2.68. The van der Waals surface area contributed by atoms with E-state index >= 15 is 0 Å². The summed E-state index contributed by atoms with van der Waals surface area (Å²) >= 11 is 0. The number of allylic oxidation sites excluding steroid dienone is 1. The fourth-order valence-electron chi connectivity index (χ4n) is 0.649. The third-order valence-electron chi connectivity index (χ3n) is 1.22. The van der Waals surface area contributed by atoms with Gasteiger partial charge in [-0.2, -0.15) is 0 Å². The zero-order valence-corrected chi connectivity index (χ0v) is 4.27. The molecule has 0 saturated heterocycles. The van der Waals surface area contributed by atoms with Gasteiger partial charge in [-0.15, -0.1) is 0 Å². The average Bonchev–Trinajstić information content (AvgIpc) is 1.86. The van der Waals surface area contributed by atoms with Crippen molar-refractivity contribution in [3.05, 3.63) is 12.2 Å². The maximum absolute atomic E-state index is 12.2. The zero-order valence-electron chi connectivity index (χ0n) is 4.27. The summed E-state index contributed by atoms with van der Waals surface area (Å²) < 4.78 is 24.3. The lowest BCUT2D eigenvalue weighted by atomic mass is 10.2. The van der Waals surface area contributed by atoms with E-state index in [0.29, 0.717) is 0 Å². The molecule has 0 aromatic heterocycles. The van der Waals surface area contributed by atoms with Gasteiger partial charge in [0.25, 0.3) is 5.92 Å². The molecule has 1 atom stereocenters. The molecule has 8 heavy (non-hydrogen) atoms. The van der Waals surface area contributed by atoms with Crippen LogP contribution in [-0.2, 0) is 0 Å². The van der Waals surface area contributed by atoms with Crippen molar-refractivity contribution >= 4 is 0 Å². The van der Waals surface area contributed by atoms with Crippen LogP contribution >= 0.6 is 0 Å².